The van der Waals surface area contributed by atoms with Crippen molar-refractivity contribution in [2.45, 2.75) is 49.1 Å². The van der Waals surface area contributed by atoms with E-state index in [0.717, 1.165) is 30.3 Å². The summed E-state index contributed by atoms with van der Waals surface area (Å²) in [6, 6.07) is 0.945. The summed E-state index contributed by atoms with van der Waals surface area (Å²) in [6.45, 7) is -6.84. The molecule has 11 atom stereocenters. The highest BCUT2D eigenvalue weighted by Gasteiger charge is 2.52. The van der Waals surface area contributed by atoms with Crippen LogP contribution in [0.4, 0.5) is 5.82 Å². The Morgan fingerprint density at radius 3 is 2.23 bits per heavy atom. The predicted octanol–water partition coefficient (Wildman–Crippen LogP) is -2.55. The molecule has 0 saturated carbocycles. The Balaban J connectivity index is 1.36. The lowest BCUT2D eigenvalue weighted by Gasteiger charge is -2.26. The van der Waals surface area contributed by atoms with Gasteiger partial charge in [-0.25, -0.2) is 37.8 Å². The smallest absolute Gasteiger partial charge is 0.387 e. The van der Waals surface area contributed by atoms with Crippen molar-refractivity contribution in [2.75, 3.05) is 26.1 Å². The van der Waals surface area contributed by atoms with Crippen molar-refractivity contribution in [1.29, 1.82) is 0 Å². The number of nitrogens with zero attached hydrogens (tertiary/aromatic N) is 5. The number of nitrogens with one attached hydrogen (secondary N) is 1. The van der Waals surface area contributed by atoms with Gasteiger partial charge < -0.3 is 59.1 Å². The molecule has 27 nitrogen and oxygen atoms in total. The molecule has 2 aliphatic heterocycles. The topological polar surface area (TPSA) is 391 Å². The van der Waals surface area contributed by atoms with Gasteiger partial charge in [0.15, 0.2) is 23.9 Å². The summed E-state index contributed by atoms with van der Waals surface area (Å²) in [5, 5.41) is 21.0. The summed E-state index contributed by atoms with van der Waals surface area (Å²) >= 11 is 4.65. The number of ether oxygens (including phenoxy) is 3. The van der Waals surface area contributed by atoms with E-state index in [4.69, 9.17) is 43.3 Å². The molecule has 0 amide bonds. The average molecular weight is 843 g/mol. The number of nitrogens with two attached hydrogens (primary N) is 1. The summed E-state index contributed by atoms with van der Waals surface area (Å²) in [5.41, 5.74) is 4.30. The van der Waals surface area contributed by atoms with E-state index in [1.54, 1.807) is 0 Å². The molecule has 4 unspecified atom stereocenters. The number of anilines is 1. The number of imidazole rings is 1. The van der Waals surface area contributed by atoms with E-state index in [2.05, 4.69) is 35.4 Å². The van der Waals surface area contributed by atoms with E-state index in [9.17, 15) is 48.2 Å². The van der Waals surface area contributed by atoms with Crippen LogP contribution in [0.5, 0.6) is 0 Å². The van der Waals surface area contributed by atoms with Gasteiger partial charge in [0.25, 0.3) is 5.56 Å². The van der Waals surface area contributed by atoms with E-state index in [1.807, 2.05) is 4.98 Å². The molecule has 3 aromatic heterocycles. The van der Waals surface area contributed by atoms with Crippen molar-refractivity contribution < 1.29 is 84.8 Å². The number of aromatic amines is 1. The molecule has 290 valence electrons. The number of aliphatic hydroxyl groups excluding tert-OH is 2. The van der Waals surface area contributed by atoms with Gasteiger partial charge in [-0.2, -0.15) is 4.31 Å². The molecule has 0 spiro atoms. The first-order valence-electron chi connectivity index (χ1n) is 14.0. The van der Waals surface area contributed by atoms with Crippen LogP contribution >= 0.6 is 30.2 Å². The van der Waals surface area contributed by atoms with Crippen LogP contribution in [-0.4, -0.2) is 121 Å². The first kappa shape index (κ1) is 40.9. The van der Waals surface area contributed by atoms with Crippen molar-refractivity contribution >= 4 is 59.0 Å². The molecule has 2 fully saturated rings. The molecule has 3 aromatic rings. The zero-order chi connectivity index (χ0) is 38.4. The monoisotopic (exact) mass is 843 g/mol. The number of hydrogen-bond acceptors (Lipinski definition) is 20. The molecular weight excluding hydrogens is 814 g/mol. The maximum Gasteiger partial charge on any atom is 0.488 e. The Morgan fingerprint density at radius 1 is 0.904 bits per heavy atom. The standard InChI is InChI=1S/C20H29N7O20P4S/c1-40-15-14(45-49(35,36)41-4-8-12(29)13(30)18(43-8)26-3-2-10(28)25-20(26)31)9(5-42-51(39,52)47-50(37,38)46-48(32,33)34)44-19(15)27-7-24-11-16(21)22-6-23-17(11)27/h2-3,6-9,12-15,18-19,29-30H,4-5H2,1H3,(H,35,36)(H,37,38)(H,39,52)(H2,21,22,23)(H,25,28,31)(H2,32,33,34)/t8-,9?,12-,13-,14-,15-,18-,19-,51?/m1/s1. The lowest BCUT2D eigenvalue weighted by molar-refractivity contribution is -0.0609. The molecule has 32 heteroatoms. The highest BCUT2D eigenvalue weighted by Crippen LogP contribution is 2.66. The van der Waals surface area contributed by atoms with Crippen molar-refractivity contribution in [2.24, 2.45) is 0 Å². The maximum atomic E-state index is 13.3. The highest BCUT2D eigenvalue weighted by molar-refractivity contribution is 8.08. The quantitative estimate of drug-likeness (QED) is 0.0711. The second-order valence-electron chi connectivity index (χ2n) is 10.6. The molecule has 5 rings (SSSR count). The van der Waals surface area contributed by atoms with Gasteiger partial charge in [0.1, 0.15) is 48.5 Å². The third-order valence-corrected chi connectivity index (χ3v) is 12.9. The minimum atomic E-state index is -5.72. The van der Waals surface area contributed by atoms with Gasteiger partial charge in [-0.1, -0.05) is 0 Å². The Bertz CT molecular complexity index is 2100. The molecule has 5 heterocycles. The van der Waals surface area contributed by atoms with Crippen LogP contribution in [0.1, 0.15) is 12.5 Å². The van der Waals surface area contributed by atoms with Gasteiger partial charge in [-0.3, -0.25) is 28.0 Å². The van der Waals surface area contributed by atoms with Crippen LogP contribution in [0.25, 0.3) is 11.2 Å². The first-order valence-corrected chi connectivity index (χ1v) is 21.1. The van der Waals surface area contributed by atoms with Gasteiger partial charge in [0, 0.05) is 19.4 Å². The van der Waals surface area contributed by atoms with Gasteiger partial charge in [0.2, 0.25) is 0 Å². The number of phosphoric ester groups is 1. The van der Waals surface area contributed by atoms with Gasteiger partial charge in [-0.15, -0.1) is 0 Å². The number of H-pyrrole nitrogens is 1. The molecule has 0 bridgehead atoms. The van der Waals surface area contributed by atoms with Crippen LogP contribution in [0, 0.1) is 0 Å². The second-order valence-corrected chi connectivity index (χ2v) is 17.8. The Kier molecular flexibility index (Phi) is 12.2. The Hall–Kier alpha value is -2.23. The van der Waals surface area contributed by atoms with Crippen LogP contribution in [0.3, 0.4) is 0 Å². The van der Waals surface area contributed by atoms with Gasteiger partial charge in [0.05, 0.1) is 19.5 Å². The fraction of sp³-hybridized carbons (Fsp3) is 0.550. The number of aliphatic hydroxyl groups is 2. The first-order chi connectivity index (χ1) is 24.1. The van der Waals surface area contributed by atoms with Crippen LogP contribution in [-0.2, 0) is 61.9 Å². The third-order valence-electron chi connectivity index (χ3n) is 7.16. The lowest BCUT2D eigenvalue weighted by atomic mass is 10.1. The number of aromatic nitrogens is 6. The van der Waals surface area contributed by atoms with Gasteiger partial charge in [-0.05, 0) is 11.8 Å². The van der Waals surface area contributed by atoms with Crippen molar-refractivity contribution in [3.63, 3.8) is 0 Å². The lowest BCUT2D eigenvalue weighted by Crippen LogP contribution is -2.38. The van der Waals surface area contributed by atoms with Crippen LogP contribution < -0.4 is 17.0 Å². The normalized spacial score (nSPS) is 30.2. The number of phosphoric acid groups is 3. The summed E-state index contributed by atoms with van der Waals surface area (Å²) in [4.78, 5) is 85.9. The largest absolute Gasteiger partial charge is 0.488 e. The number of rotatable bonds is 15. The zero-order valence-electron chi connectivity index (χ0n) is 25.8. The Labute approximate surface area is 293 Å². The minimum absolute atomic E-state index is 0.0326. The summed E-state index contributed by atoms with van der Waals surface area (Å²) in [5.74, 6) is -0.0326. The van der Waals surface area contributed by atoms with Crippen LogP contribution in [0.2, 0.25) is 0 Å². The van der Waals surface area contributed by atoms with Crippen molar-refractivity contribution in [3.05, 3.63) is 45.8 Å². The minimum Gasteiger partial charge on any atom is -0.387 e. The van der Waals surface area contributed by atoms with E-state index in [-0.39, 0.29) is 17.0 Å². The summed E-state index contributed by atoms with van der Waals surface area (Å²) in [7, 11) is -15.5. The molecule has 52 heavy (non-hydrogen) atoms. The molecule has 10 N–H and O–H groups in total. The van der Waals surface area contributed by atoms with Crippen molar-refractivity contribution in [3.8, 4) is 0 Å². The second kappa shape index (κ2) is 15.5. The molecule has 2 saturated heterocycles. The average Bonchev–Trinajstić information content (AvgIpc) is 3.67. The summed E-state index contributed by atoms with van der Waals surface area (Å²) in [6.07, 6.45) is -9.51. The third kappa shape index (κ3) is 9.52. The van der Waals surface area contributed by atoms with E-state index in [0.29, 0.717) is 0 Å². The number of hydrogen-bond donors (Lipinski definition) is 9. The predicted molar refractivity (Wildman–Crippen MR) is 169 cm³/mol. The maximum absolute atomic E-state index is 13.3. The SMILES string of the molecule is CO[C@@H]1[C@H](OP(=O)(O)OC[C@H]2O[C@@H](n3ccc(=O)[nH]c3=O)[C@H](O)[C@@H]2O)C(COP(O)(=S)OP(=O)(O)OP(=O)(O)O)O[C@H]1n1cnc2c(N)ncnc21. The fourth-order valence-electron chi connectivity index (χ4n) is 5.05. The molecule has 0 aromatic carbocycles. The fourth-order valence-corrected chi connectivity index (χ4v) is 9.98. The molecule has 2 aliphatic rings. The van der Waals surface area contributed by atoms with Crippen molar-refractivity contribution in [1.82, 2.24) is 29.1 Å². The Morgan fingerprint density at radius 2 is 1.58 bits per heavy atom. The molecular formula is C20H29N7O20P4S. The number of fused-ring (bicyclic) bond motifs is 1. The van der Waals surface area contributed by atoms with E-state index >= 15 is 0 Å². The molecule has 0 aliphatic carbocycles. The van der Waals surface area contributed by atoms with E-state index < -0.39 is 104 Å². The molecule has 0 radical (unpaired) electrons. The number of methoxy groups -OCH3 is 1. The zero-order valence-corrected chi connectivity index (χ0v) is 30.2. The number of nitrogen functional groups attached to an aromatic ring is 1. The van der Waals surface area contributed by atoms with E-state index in [1.165, 1.54) is 10.9 Å². The summed E-state index contributed by atoms with van der Waals surface area (Å²) < 4.78 is 78.5. The van der Waals surface area contributed by atoms with Crippen LogP contribution in [0.15, 0.2) is 34.5 Å². The highest BCUT2D eigenvalue weighted by atomic mass is 32.5. The van der Waals surface area contributed by atoms with Gasteiger partial charge >= 0.3 is 35.9 Å².